The zero-order chi connectivity index (χ0) is 11.0. The first kappa shape index (κ1) is 10.7. The third kappa shape index (κ3) is 2.07. The van der Waals surface area contributed by atoms with Gasteiger partial charge in [-0.15, -0.1) is 0 Å². The quantitative estimate of drug-likeness (QED) is 0.739. The Morgan fingerprint density at radius 1 is 1.47 bits per heavy atom. The average molecular weight is 207 g/mol. The fourth-order valence-electron chi connectivity index (χ4n) is 2.60. The van der Waals surface area contributed by atoms with Crippen LogP contribution in [0.3, 0.4) is 0 Å². The van der Waals surface area contributed by atoms with Crippen LogP contribution in [-0.2, 0) is 6.54 Å². The fraction of sp³-hybridized carbons (Fsp3) is 0.750. The molecule has 0 aromatic carbocycles. The summed E-state index contributed by atoms with van der Waals surface area (Å²) in [6.45, 7) is 7.80. The third-order valence-corrected chi connectivity index (χ3v) is 3.87. The molecule has 0 spiro atoms. The Labute approximate surface area is 92.1 Å². The molecule has 2 rings (SSSR count). The van der Waals surface area contributed by atoms with Crippen LogP contribution in [0.4, 0.5) is 0 Å². The summed E-state index contributed by atoms with van der Waals surface area (Å²) in [6, 6.07) is 1.40. The van der Waals surface area contributed by atoms with E-state index in [1.165, 1.54) is 6.42 Å². The van der Waals surface area contributed by atoms with E-state index in [1.807, 2.05) is 13.3 Å². The van der Waals surface area contributed by atoms with Crippen molar-refractivity contribution in [2.24, 2.45) is 5.92 Å². The van der Waals surface area contributed by atoms with Crippen molar-refractivity contribution >= 4 is 0 Å². The molecule has 3 atom stereocenters. The average Bonchev–Trinajstić information content (AvgIpc) is 2.68. The van der Waals surface area contributed by atoms with Crippen LogP contribution in [0.2, 0.25) is 0 Å². The van der Waals surface area contributed by atoms with Gasteiger partial charge in [0.2, 0.25) is 0 Å². The number of aromatic nitrogens is 2. The van der Waals surface area contributed by atoms with Crippen LogP contribution in [0.1, 0.15) is 26.0 Å². The van der Waals surface area contributed by atoms with Crippen molar-refractivity contribution in [1.82, 2.24) is 14.5 Å². The number of nitrogens with zero attached hydrogens (tertiary/aromatic N) is 3. The summed E-state index contributed by atoms with van der Waals surface area (Å²) < 4.78 is 2.22. The highest BCUT2D eigenvalue weighted by Crippen LogP contribution is 2.29. The van der Waals surface area contributed by atoms with Crippen molar-refractivity contribution in [3.63, 3.8) is 0 Å². The molecule has 15 heavy (non-hydrogen) atoms. The SMILES string of the molecule is Cc1cn(CC2CC(C)N(C)[C@@H]2C)cn1. The van der Waals surface area contributed by atoms with Gasteiger partial charge in [0.1, 0.15) is 0 Å². The molecule has 0 amide bonds. The van der Waals surface area contributed by atoms with Gasteiger partial charge in [-0.1, -0.05) is 0 Å². The molecule has 3 heteroatoms. The van der Waals surface area contributed by atoms with Crippen LogP contribution < -0.4 is 0 Å². The van der Waals surface area contributed by atoms with E-state index < -0.39 is 0 Å². The first-order chi connectivity index (χ1) is 7.08. The molecule has 0 aliphatic carbocycles. The summed E-state index contributed by atoms with van der Waals surface area (Å²) in [5.74, 6) is 0.763. The van der Waals surface area contributed by atoms with E-state index in [2.05, 4.69) is 41.5 Å². The highest BCUT2D eigenvalue weighted by atomic mass is 15.2. The molecule has 84 valence electrons. The van der Waals surface area contributed by atoms with Crippen molar-refractivity contribution in [1.29, 1.82) is 0 Å². The molecule has 1 aliphatic heterocycles. The van der Waals surface area contributed by atoms with Gasteiger partial charge in [-0.25, -0.2) is 4.98 Å². The van der Waals surface area contributed by atoms with Crippen molar-refractivity contribution in [3.8, 4) is 0 Å². The van der Waals surface area contributed by atoms with Crippen LogP contribution in [0.15, 0.2) is 12.5 Å². The zero-order valence-electron chi connectivity index (χ0n) is 10.1. The van der Waals surface area contributed by atoms with Crippen molar-refractivity contribution in [2.75, 3.05) is 7.05 Å². The molecular formula is C12H21N3. The number of hydrogen-bond acceptors (Lipinski definition) is 2. The molecule has 1 aromatic heterocycles. The molecule has 1 aliphatic rings. The van der Waals surface area contributed by atoms with Crippen molar-refractivity contribution < 1.29 is 0 Å². The minimum absolute atomic E-state index is 0.683. The Hall–Kier alpha value is -0.830. The predicted octanol–water partition coefficient (Wildman–Crippen LogP) is 1.92. The first-order valence-corrected chi connectivity index (χ1v) is 5.78. The maximum absolute atomic E-state index is 4.27. The Kier molecular flexibility index (Phi) is 2.83. The van der Waals surface area contributed by atoms with Gasteiger partial charge in [0.25, 0.3) is 0 Å². The molecule has 1 aromatic rings. The van der Waals surface area contributed by atoms with E-state index in [-0.39, 0.29) is 0 Å². The van der Waals surface area contributed by atoms with E-state index in [9.17, 15) is 0 Å². The monoisotopic (exact) mass is 207 g/mol. The van der Waals surface area contributed by atoms with Gasteiger partial charge in [0.15, 0.2) is 0 Å². The minimum atomic E-state index is 0.683. The van der Waals surface area contributed by atoms with Crippen LogP contribution in [0, 0.1) is 12.8 Å². The lowest BCUT2D eigenvalue weighted by Gasteiger charge is -2.22. The standard InChI is InChI=1S/C12H21N3/c1-9-6-15(8-13-9)7-12-5-10(2)14(4)11(12)3/h6,8,10-12H,5,7H2,1-4H3/t10?,11-,12?/m1/s1. The number of likely N-dealkylation sites (tertiary alicyclic amines) is 1. The van der Waals surface area contributed by atoms with Crippen molar-refractivity contribution in [3.05, 3.63) is 18.2 Å². The van der Waals surface area contributed by atoms with E-state index in [4.69, 9.17) is 0 Å². The van der Waals surface area contributed by atoms with Gasteiger partial charge in [0, 0.05) is 24.8 Å². The molecule has 0 bridgehead atoms. The summed E-state index contributed by atoms with van der Waals surface area (Å²) in [5, 5.41) is 0. The number of aryl methyl sites for hydroxylation is 1. The lowest BCUT2D eigenvalue weighted by Crippen LogP contribution is -2.30. The largest absolute Gasteiger partial charge is 0.337 e. The van der Waals surface area contributed by atoms with Crippen LogP contribution in [0.25, 0.3) is 0 Å². The molecular weight excluding hydrogens is 186 g/mol. The second-order valence-corrected chi connectivity index (χ2v) is 4.96. The second-order valence-electron chi connectivity index (χ2n) is 4.96. The van der Waals surface area contributed by atoms with E-state index in [0.29, 0.717) is 6.04 Å². The van der Waals surface area contributed by atoms with E-state index in [0.717, 1.165) is 24.2 Å². The predicted molar refractivity (Wildman–Crippen MR) is 61.8 cm³/mol. The van der Waals surface area contributed by atoms with Gasteiger partial charge >= 0.3 is 0 Å². The molecule has 1 saturated heterocycles. The summed E-state index contributed by atoms with van der Waals surface area (Å²) in [7, 11) is 2.23. The fourth-order valence-corrected chi connectivity index (χ4v) is 2.60. The molecule has 3 nitrogen and oxygen atoms in total. The summed E-state index contributed by atoms with van der Waals surface area (Å²) in [4.78, 5) is 6.75. The zero-order valence-corrected chi connectivity index (χ0v) is 10.1. The Morgan fingerprint density at radius 2 is 2.20 bits per heavy atom. The molecule has 2 heterocycles. The van der Waals surface area contributed by atoms with Gasteiger partial charge in [-0.2, -0.15) is 0 Å². The minimum Gasteiger partial charge on any atom is -0.337 e. The highest BCUT2D eigenvalue weighted by molar-refractivity contribution is 4.94. The smallest absolute Gasteiger partial charge is 0.0949 e. The Bertz CT molecular complexity index is 331. The van der Waals surface area contributed by atoms with Gasteiger partial charge in [0.05, 0.1) is 12.0 Å². The summed E-state index contributed by atoms with van der Waals surface area (Å²) in [6.07, 6.45) is 5.38. The maximum atomic E-state index is 4.27. The summed E-state index contributed by atoms with van der Waals surface area (Å²) >= 11 is 0. The lowest BCUT2D eigenvalue weighted by atomic mass is 10.0. The van der Waals surface area contributed by atoms with E-state index in [1.54, 1.807) is 0 Å². The second kappa shape index (κ2) is 3.97. The lowest BCUT2D eigenvalue weighted by molar-refractivity contribution is 0.242. The molecule has 0 saturated carbocycles. The van der Waals surface area contributed by atoms with Gasteiger partial charge in [-0.05, 0) is 40.2 Å². The van der Waals surface area contributed by atoms with Crippen LogP contribution in [0.5, 0.6) is 0 Å². The Morgan fingerprint density at radius 3 is 2.67 bits per heavy atom. The van der Waals surface area contributed by atoms with Crippen molar-refractivity contribution in [2.45, 2.75) is 45.8 Å². The van der Waals surface area contributed by atoms with Gasteiger partial charge < -0.3 is 9.47 Å². The maximum Gasteiger partial charge on any atom is 0.0949 e. The highest BCUT2D eigenvalue weighted by Gasteiger charge is 2.33. The number of rotatable bonds is 2. The van der Waals surface area contributed by atoms with Crippen LogP contribution in [-0.4, -0.2) is 33.6 Å². The first-order valence-electron chi connectivity index (χ1n) is 5.78. The topological polar surface area (TPSA) is 21.1 Å². The van der Waals surface area contributed by atoms with Crippen LogP contribution >= 0.6 is 0 Å². The number of imidazole rings is 1. The third-order valence-electron chi connectivity index (χ3n) is 3.87. The molecule has 0 N–H and O–H groups in total. The van der Waals surface area contributed by atoms with Gasteiger partial charge in [-0.3, -0.25) is 0 Å². The number of hydrogen-bond donors (Lipinski definition) is 0. The summed E-state index contributed by atoms with van der Waals surface area (Å²) in [5.41, 5.74) is 1.11. The normalized spacial score (nSPS) is 32.4. The molecule has 1 fully saturated rings. The van der Waals surface area contributed by atoms with E-state index >= 15 is 0 Å². The Balaban J connectivity index is 2.01. The molecule has 0 radical (unpaired) electrons. The molecule has 2 unspecified atom stereocenters.